The lowest BCUT2D eigenvalue weighted by Gasteiger charge is -2.41. The first-order valence-electron chi connectivity index (χ1n) is 14.3. The zero-order chi connectivity index (χ0) is 29.3. The smallest absolute Gasteiger partial charge is 0.152 e. The van der Waals surface area contributed by atoms with E-state index in [1.54, 1.807) is 13.0 Å². The maximum atomic E-state index is 11.0. The van der Waals surface area contributed by atoms with Crippen LogP contribution in [-0.4, -0.2) is 5.78 Å². The molecule has 1 saturated carbocycles. The summed E-state index contributed by atoms with van der Waals surface area (Å²) in [6.45, 7) is 19.3. The maximum absolute atomic E-state index is 11.0. The van der Waals surface area contributed by atoms with Gasteiger partial charge in [-0.2, -0.15) is 0 Å². The Labute approximate surface area is 240 Å². The van der Waals surface area contributed by atoms with E-state index in [4.69, 9.17) is 0 Å². The average molecular weight is 525 g/mol. The van der Waals surface area contributed by atoms with E-state index in [9.17, 15) is 4.79 Å². The fourth-order valence-corrected chi connectivity index (χ4v) is 4.70. The second kappa shape index (κ2) is 18.2. The van der Waals surface area contributed by atoms with Crippen molar-refractivity contribution >= 4 is 5.78 Å². The molecular formula is C38H52O. The van der Waals surface area contributed by atoms with Crippen LogP contribution in [-0.2, 0) is 4.79 Å². The van der Waals surface area contributed by atoms with Crippen LogP contribution in [0.1, 0.15) is 81.6 Å². The van der Waals surface area contributed by atoms with Crippen molar-refractivity contribution in [2.75, 3.05) is 0 Å². The number of hydrogen-bond donors (Lipinski definition) is 0. The number of ketones is 1. The van der Waals surface area contributed by atoms with Crippen LogP contribution in [0.15, 0.2) is 131 Å². The molecule has 1 nitrogen and oxygen atoms in total. The molecule has 0 aromatic heterocycles. The molecule has 0 N–H and O–H groups in total. The Morgan fingerprint density at radius 1 is 0.590 bits per heavy atom. The molecule has 2 unspecified atom stereocenters. The van der Waals surface area contributed by atoms with Gasteiger partial charge in [-0.25, -0.2) is 0 Å². The van der Waals surface area contributed by atoms with Crippen molar-refractivity contribution in [3.8, 4) is 0 Å². The van der Waals surface area contributed by atoms with Gasteiger partial charge in [0.25, 0.3) is 0 Å². The molecule has 0 bridgehead atoms. The lowest BCUT2D eigenvalue weighted by molar-refractivity contribution is -0.112. The Hall–Kier alpha value is -3.19. The second-order valence-electron chi connectivity index (χ2n) is 11.7. The number of hydrogen-bond acceptors (Lipinski definition) is 1. The fourth-order valence-electron chi connectivity index (χ4n) is 4.70. The summed E-state index contributed by atoms with van der Waals surface area (Å²) in [4.78, 5) is 11.0. The zero-order valence-corrected chi connectivity index (χ0v) is 26.0. The second-order valence-corrected chi connectivity index (χ2v) is 11.7. The standard InChI is InChI=1S/C38H52O/c1-30(18-12-20-32(3)21-14-22-33(4)25-27-36(7)39)16-10-11-17-31(2)19-13-23-34(5)26-28-37-35(6)24-15-29-38(37,8)9/h10-14,16-23,25-28,35,37H,15,24,29H2,1-9H3. The summed E-state index contributed by atoms with van der Waals surface area (Å²) in [6, 6.07) is 0. The topological polar surface area (TPSA) is 17.1 Å². The van der Waals surface area contributed by atoms with Crippen molar-refractivity contribution < 1.29 is 4.79 Å². The van der Waals surface area contributed by atoms with E-state index < -0.39 is 0 Å². The fraction of sp³-hybridized carbons (Fsp3) is 0.395. The molecule has 0 saturated heterocycles. The van der Waals surface area contributed by atoms with E-state index >= 15 is 0 Å². The van der Waals surface area contributed by atoms with E-state index in [2.05, 4.69) is 127 Å². The molecule has 1 fully saturated rings. The lowest BCUT2D eigenvalue weighted by atomic mass is 9.64. The third-order valence-corrected chi connectivity index (χ3v) is 7.13. The summed E-state index contributed by atoms with van der Waals surface area (Å²) in [5, 5.41) is 0. The van der Waals surface area contributed by atoms with Crippen LogP contribution in [0.5, 0.6) is 0 Å². The predicted molar refractivity (Wildman–Crippen MR) is 175 cm³/mol. The van der Waals surface area contributed by atoms with Crippen molar-refractivity contribution in [1.82, 2.24) is 0 Å². The van der Waals surface area contributed by atoms with Crippen molar-refractivity contribution in [3.63, 3.8) is 0 Å². The number of rotatable bonds is 12. The molecule has 1 aliphatic rings. The highest BCUT2D eigenvalue weighted by molar-refractivity contribution is 5.87. The molecule has 0 heterocycles. The van der Waals surface area contributed by atoms with Gasteiger partial charge in [-0.05, 0) is 71.3 Å². The Morgan fingerprint density at radius 3 is 1.44 bits per heavy atom. The Balaban J connectivity index is 2.59. The zero-order valence-electron chi connectivity index (χ0n) is 26.0. The van der Waals surface area contributed by atoms with Crippen molar-refractivity contribution in [3.05, 3.63) is 131 Å². The van der Waals surface area contributed by atoms with Gasteiger partial charge in [0.2, 0.25) is 0 Å². The van der Waals surface area contributed by atoms with Gasteiger partial charge in [-0.1, -0.05) is 159 Å². The molecule has 0 aromatic rings. The Bertz CT molecular complexity index is 1130. The SMILES string of the molecule is CC(=O)C=CC(C)=CC=CC(C)=CC=CC(C)=CC=CC=C(C)C=CC=C(C)C=CC1C(C)CCCC1(C)C. The Morgan fingerprint density at radius 2 is 1.00 bits per heavy atom. The maximum Gasteiger partial charge on any atom is 0.152 e. The summed E-state index contributed by atoms with van der Waals surface area (Å²) in [7, 11) is 0. The van der Waals surface area contributed by atoms with Gasteiger partial charge in [-0.3, -0.25) is 4.79 Å². The first kappa shape index (κ1) is 33.8. The quantitative estimate of drug-likeness (QED) is 0.183. The molecule has 210 valence electrons. The third kappa shape index (κ3) is 15.7. The van der Waals surface area contributed by atoms with Crippen molar-refractivity contribution in [1.29, 1.82) is 0 Å². The normalized spacial score (nSPS) is 22.6. The molecule has 1 aliphatic carbocycles. The van der Waals surface area contributed by atoms with Crippen LogP contribution in [0.25, 0.3) is 0 Å². The number of carbonyl (C=O) groups excluding carboxylic acids is 1. The van der Waals surface area contributed by atoms with E-state index in [1.807, 2.05) is 25.2 Å². The summed E-state index contributed by atoms with van der Waals surface area (Å²) in [5.74, 6) is 1.49. The van der Waals surface area contributed by atoms with E-state index in [-0.39, 0.29) is 5.78 Å². The minimum absolute atomic E-state index is 0.0594. The van der Waals surface area contributed by atoms with Gasteiger partial charge in [0, 0.05) is 0 Å². The number of carbonyl (C=O) groups is 1. The van der Waals surface area contributed by atoms with Crippen LogP contribution >= 0.6 is 0 Å². The first-order valence-corrected chi connectivity index (χ1v) is 14.3. The summed E-state index contributed by atoms with van der Waals surface area (Å²) in [6.07, 6.45) is 39.4. The molecular weight excluding hydrogens is 472 g/mol. The molecule has 0 amide bonds. The highest BCUT2D eigenvalue weighted by Crippen LogP contribution is 2.44. The van der Waals surface area contributed by atoms with Crippen molar-refractivity contribution in [2.24, 2.45) is 17.3 Å². The molecule has 1 rings (SSSR count). The predicted octanol–water partition coefficient (Wildman–Crippen LogP) is 11.1. The van der Waals surface area contributed by atoms with E-state index in [0.29, 0.717) is 11.3 Å². The van der Waals surface area contributed by atoms with Gasteiger partial charge < -0.3 is 0 Å². The molecule has 0 radical (unpaired) electrons. The molecule has 2 atom stereocenters. The van der Waals surface area contributed by atoms with Gasteiger partial charge >= 0.3 is 0 Å². The van der Waals surface area contributed by atoms with Crippen LogP contribution in [0, 0.1) is 17.3 Å². The van der Waals surface area contributed by atoms with Gasteiger partial charge in [-0.15, -0.1) is 0 Å². The number of allylic oxidation sites excluding steroid dienone is 22. The molecule has 0 spiro atoms. The molecule has 39 heavy (non-hydrogen) atoms. The van der Waals surface area contributed by atoms with Gasteiger partial charge in [0.15, 0.2) is 5.78 Å². The minimum atomic E-state index is 0.0594. The van der Waals surface area contributed by atoms with Crippen LogP contribution < -0.4 is 0 Å². The van der Waals surface area contributed by atoms with Crippen LogP contribution in [0.2, 0.25) is 0 Å². The molecule has 1 heteroatoms. The molecule has 0 aliphatic heterocycles. The summed E-state index contributed by atoms with van der Waals surface area (Å²) >= 11 is 0. The van der Waals surface area contributed by atoms with Crippen LogP contribution in [0.3, 0.4) is 0 Å². The van der Waals surface area contributed by atoms with E-state index in [1.165, 1.54) is 36.0 Å². The third-order valence-electron chi connectivity index (χ3n) is 7.13. The highest BCUT2D eigenvalue weighted by atomic mass is 16.1. The van der Waals surface area contributed by atoms with Crippen LogP contribution in [0.4, 0.5) is 0 Å². The summed E-state index contributed by atoms with van der Waals surface area (Å²) < 4.78 is 0. The monoisotopic (exact) mass is 524 g/mol. The minimum Gasteiger partial charge on any atom is -0.295 e. The highest BCUT2D eigenvalue weighted by Gasteiger charge is 2.34. The average Bonchev–Trinajstić information content (AvgIpc) is 2.84. The van der Waals surface area contributed by atoms with Crippen molar-refractivity contribution in [2.45, 2.75) is 81.6 Å². The van der Waals surface area contributed by atoms with Gasteiger partial charge in [0.05, 0.1) is 0 Å². The summed E-state index contributed by atoms with van der Waals surface area (Å²) in [5.41, 5.74) is 6.30. The largest absolute Gasteiger partial charge is 0.295 e. The van der Waals surface area contributed by atoms with Gasteiger partial charge in [0.1, 0.15) is 0 Å². The first-order chi connectivity index (χ1) is 18.4. The lowest BCUT2D eigenvalue weighted by Crippen LogP contribution is -2.32. The molecule has 0 aromatic carbocycles. The van der Waals surface area contributed by atoms with E-state index in [0.717, 1.165) is 17.1 Å². The Kier molecular flexibility index (Phi) is 15.8.